The van der Waals surface area contributed by atoms with Gasteiger partial charge in [-0.3, -0.25) is 14.9 Å². The van der Waals surface area contributed by atoms with Gasteiger partial charge in [-0.25, -0.2) is 0 Å². The highest BCUT2D eigenvalue weighted by atomic mass is 35.5. The number of nitrogens with zero attached hydrogens (tertiary/aromatic N) is 1. The lowest BCUT2D eigenvalue weighted by molar-refractivity contribution is -0.384. The molecule has 0 aliphatic heterocycles. The Morgan fingerprint density at radius 3 is 2.50 bits per heavy atom. The van der Waals surface area contributed by atoms with Gasteiger partial charge in [-0.1, -0.05) is 11.6 Å². The molecule has 98 valence electrons. The van der Waals surface area contributed by atoms with E-state index in [0.29, 0.717) is 0 Å². The molecule has 3 N–H and O–H groups in total. The molecule has 1 aromatic rings. The molecule has 7 nitrogen and oxygen atoms in total. The fourth-order valence-electron chi connectivity index (χ4n) is 1.37. The van der Waals surface area contributed by atoms with Crippen LogP contribution in [0.1, 0.15) is 18.1 Å². The summed E-state index contributed by atoms with van der Waals surface area (Å²) in [4.78, 5) is 20.2. The maximum Gasteiger partial charge on any atom is 0.306 e. The highest BCUT2D eigenvalue weighted by Crippen LogP contribution is 2.29. The number of carbonyl (C=O) groups is 1. The van der Waals surface area contributed by atoms with Gasteiger partial charge in [-0.05, 0) is 6.07 Å². The van der Waals surface area contributed by atoms with Gasteiger partial charge < -0.3 is 15.3 Å². The van der Waals surface area contributed by atoms with Crippen molar-refractivity contribution in [2.24, 2.45) is 0 Å². The number of hydrogen-bond acceptors (Lipinski definition) is 5. The molecule has 0 spiro atoms. The molecular formula is C10H10ClNO6. The van der Waals surface area contributed by atoms with Gasteiger partial charge in [0.1, 0.15) is 6.10 Å². The molecule has 0 aliphatic carbocycles. The number of nitro groups is 1. The lowest BCUT2D eigenvalue weighted by Crippen LogP contribution is -2.22. The van der Waals surface area contributed by atoms with Crippen molar-refractivity contribution < 1.29 is 25.0 Å². The average molecular weight is 276 g/mol. The summed E-state index contributed by atoms with van der Waals surface area (Å²) >= 11 is 5.73. The molecule has 1 aromatic carbocycles. The van der Waals surface area contributed by atoms with E-state index >= 15 is 0 Å². The van der Waals surface area contributed by atoms with Crippen molar-refractivity contribution in [3.63, 3.8) is 0 Å². The Hall–Kier alpha value is -1.70. The number of carboxylic acids is 1. The minimum atomic E-state index is -1.54. The Kier molecular flexibility index (Phi) is 4.60. The number of aliphatic hydroxyl groups excluding tert-OH is 2. The summed E-state index contributed by atoms with van der Waals surface area (Å²) < 4.78 is 0. The highest BCUT2D eigenvalue weighted by molar-refractivity contribution is 6.31. The summed E-state index contributed by atoms with van der Waals surface area (Å²) in [6.07, 6.45) is -3.72. The first kappa shape index (κ1) is 14.4. The normalized spacial score (nSPS) is 13.9. The van der Waals surface area contributed by atoms with Gasteiger partial charge >= 0.3 is 5.97 Å². The maximum absolute atomic E-state index is 10.5. The second kappa shape index (κ2) is 5.76. The van der Waals surface area contributed by atoms with E-state index in [2.05, 4.69) is 0 Å². The third-order valence-electron chi connectivity index (χ3n) is 2.26. The van der Waals surface area contributed by atoms with Crippen LogP contribution in [0.4, 0.5) is 5.69 Å². The number of non-ortho nitro benzene ring substituents is 1. The number of carboxylic acid groups (broad SMARTS) is 1. The highest BCUT2D eigenvalue weighted by Gasteiger charge is 2.24. The third kappa shape index (κ3) is 3.39. The first-order valence-electron chi connectivity index (χ1n) is 4.84. The Morgan fingerprint density at radius 2 is 2.06 bits per heavy atom. The molecule has 2 atom stereocenters. The van der Waals surface area contributed by atoms with Crippen LogP contribution >= 0.6 is 11.6 Å². The molecule has 0 aromatic heterocycles. The molecule has 8 heteroatoms. The molecule has 0 bridgehead atoms. The monoisotopic (exact) mass is 275 g/mol. The number of rotatable bonds is 5. The first-order valence-corrected chi connectivity index (χ1v) is 5.22. The molecule has 1 rings (SSSR count). The van der Waals surface area contributed by atoms with Crippen molar-refractivity contribution in [2.75, 3.05) is 0 Å². The first-order chi connectivity index (χ1) is 8.32. The van der Waals surface area contributed by atoms with Crippen LogP contribution in [0, 0.1) is 10.1 Å². The minimum Gasteiger partial charge on any atom is -0.481 e. The van der Waals surface area contributed by atoms with E-state index in [4.69, 9.17) is 16.7 Å². The predicted octanol–water partition coefficient (Wildman–Crippen LogP) is 1.12. The summed E-state index contributed by atoms with van der Waals surface area (Å²) in [6, 6.07) is 3.31. The predicted molar refractivity (Wildman–Crippen MR) is 61.3 cm³/mol. The van der Waals surface area contributed by atoms with Crippen molar-refractivity contribution in [1.82, 2.24) is 0 Å². The molecule has 0 aliphatic rings. The average Bonchev–Trinajstić information content (AvgIpc) is 2.26. The largest absolute Gasteiger partial charge is 0.481 e. The molecule has 0 heterocycles. The summed E-state index contributed by atoms with van der Waals surface area (Å²) in [7, 11) is 0. The van der Waals surface area contributed by atoms with E-state index in [1.165, 1.54) is 6.07 Å². The van der Waals surface area contributed by atoms with Crippen molar-refractivity contribution in [2.45, 2.75) is 18.6 Å². The number of aliphatic hydroxyl groups is 2. The van der Waals surface area contributed by atoms with Crippen LogP contribution in [0.15, 0.2) is 18.2 Å². The van der Waals surface area contributed by atoms with Crippen molar-refractivity contribution in [3.8, 4) is 0 Å². The maximum atomic E-state index is 10.5. The minimum absolute atomic E-state index is 0.0380. The van der Waals surface area contributed by atoms with Crippen LogP contribution in [0.2, 0.25) is 5.02 Å². The van der Waals surface area contributed by atoms with E-state index in [0.717, 1.165) is 12.1 Å². The smallest absolute Gasteiger partial charge is 0.306 e. The van der Waals surface area contributed by atoms with Crippen molar-refractivity contribution in [1.29, 1.82) is 0 Å². The Morgan fingerprint density at radius 1 is 1.44 bits per heavy atom. The van der Waals surface area contributed by atoms with E-state index in [9.17, 15) is 25.1 Å². The summed E-state index contributed by atoms with van der Waals surface area (Å²) in [5.41, 5.74) is -0.223. The van der Waals surface area contributed by atoms with Crippen molar-refractivity contribution >= 4 is 23.3 Å². The number of nitro benzene ring substituents is 1. The van der Waals surface area contributed by atoms with E-state index < -0.39 is 29.5 Å². The summed E-state index contributed by atoms with van der Waals surface area (Å²) in [6.45, 7) is 0. The molecule has 18 heavy (non-hydrogen) atoms. The van der Waals surface area contributed by atoms with Crippen LogP contribution in [-0.4, -0.2) is 32.3 Å². The zero-order chi connectivity index (χ0) is 13.9. The van der Waals surface area contributed by atoms with E-state index in [-0.39, 0.29) is 16.3 Å². The Labute approximate surface area is 106 Å². The van der Waals surface area contributed by atoms with Crippen LogP contribution in [-0.2, 0) is 4.79 Å². The van der Waals surface area contributed by atoms with Crippen LogP contribution in [0.5, 0.6) is 0 Å². The van der Waals surface area contributed by atoms with Gasteiger partial charge in [-0.15, -0.1) is 0 Å². The third-order valence-corrected chi connectivity index (χ3v) is 2.59. The number of benzene rings is 1. The second-order valence-electron chi connectivity index (χ2n) is 3.57. The second-order valence-corrected chi connectivity index (χ2v) is 3.98. The lowest BCUT2D eigenvalue weighted by atomic mass is 10.0. The van der Waals surface area contributed by atoms with Crippen LogP contribution in [0.3, 0.4) is 0 Å². The number of halogens is 1. The van der Waals surface area contributed by atoms with Gasteiger partial charge in [0, 0.05) is 17.7 Å². The zero-order valence-electron chi connectivity index (χ0n) is 8.99. The summed E-state index contributed by atoms with van der Waals surface area (Å²) in [5, 5.41) is 37.9. The Balaban J connectivity index is 2.96. The molecule has 0 radical (unpaired) electrons. The van der Waals surface area contributed by atoms with Gasteiger partial charge in [0.15, 0.2) is 0 Å². The van der Waals surface area contributed by atoms with E-state index in [1.54, 1.807) is 0 Å². The molecular weight excluding hydrogens is 266 g/mol. The fourth-order valence-corrected chi connectivity index (χ4v) is 1.65. The topological polar surface area (TPSA) is 121 Å². The van der Waals surface area contributed by atoms with Gasteiger partial charge in [0.2, 0.25) is 0 Å². The van der Waals surface area contributed by atoms with Gasteiger partial charge in [-0.2, -0.15) is 0 Å². The van der Waals surface area contributed by atoms with Crippen LogP contribution in [0.25, 0.3) is 0 Å². The van der Waals surface area contributed by atoms with Crippen LogP contribution < -0.4 is 0 Å². The van der Waals surface area contributed by atoms with Crippen molar-refractivity contribution in [3.05, 3.63) is 38.9 Å². The molecule has 2 unspecified atom stereocenters. The molecule has 0 saturated heterocycles. The number of hydrogen-bond donors (Lipinski definition) is 3. The lowest BCUT2D eigenvalue weighted by Gasteiger charge is -2.17. The van der Waals surface area contributed by atoms with E-state index in [1.807, 2.05) is 0 Å². The van der Waals surface area contributed by atoms with Gasteiger partial charge in [0.05, 0.1) is 22.5 Å². The summed E-state index contributed by atoms with van der Waals surface area (Å²) in [5.74, 6) is -1.28. The molecule has 0 amide bonds. The SMILES string of the molecule is O=C(O)CC(O)C(O)c1ccc([N+](=O)[O-])cc1Cl. The molecule has 0 fully saturated rings. The van der Waals surface area contributed by atoms with Gasteiger partial charge in [0.25, 0.3) is 5.69 Å². The standard InChI is InChI=1S/C10H10ClNO6/c11-7-3-5(12(17)18)1-2-6(7)10(16)8(13)4-9(14)15/h1-3,8,10,13,16H,4H2,(H,14,15). The Bertz CT molecular complexity index is 477. The molecule has 0 saturated carbocycles. The zero-order valence-corrected chi connectivity index (χ0v) is 9.74. The number of aliphatic carboxylic acids is 1. The fraction of sp³-hybridized carbons (Fsp3) is 0.300. The quantitative estimate of drug-likeness (QED) is 0.547.